The van der Waals surface area contributed by atoms with Crippen molar-refractivity contribution in [1.82, 2.24) is 5.01 Å². The number of rotatable bonds is 3. The van der Waals surface area contributed by atoms with Crippen molar-refractivity contribution in [3.05, 3.63) is 52.2 Å². The first kappa shape index (κ1) is 13.8. The van der Waals surface area contributed by atoms with Crippen LogP contribution in [0.1, 0.15) is 29.8 Å². The molecule has 1 aliphatic rings. The van der Waals surface area contributed by atoms with E-state index >= 15 is 0 Å². The largest absolute Gasteiger partial charge is 0.496 e. The van der Waals surface area contributed by atoms with Crippen LogP contribution in [-0.4, -0.2) is 23.7 Å². The minimum absolute atomic E-state index is 0.0117. The Morgan fingerprint density at radius 3 is 2.81 bits per heavy atom. The number of hydrogen-bond donors (Lipinski definition) is 0. The lowest BCUT2D eigenvalue weighted by Gasteiger charge is -2.18. The predicted molar refractivity (Wildman–Crippen MR) is 83.7 cm³/mol. The van der Waals surface area contributed by atoms with E-state index in [2.05, 4.69) is 5.10 Å². The fraction of sp³-hybridized carbons (Fsp3) is 0.250. The molecule has 1 aromatic carbocycles. The molecule has 108 valence electrons. The molecule has 1 atom stereocenters. The maximum absolute atomic E-state index is 11.9. The molecule has 1 amide bonds. The van der Waals surface area contributed by atoms with E-state index in [1.807, 2.05) is 41.8 Å². The van der Waals surface area contributed by atoms with Gasteiger partial charge in [0.15, 0.2) is 0 Å². The second-order valence-corrected chi connectivity index (χ2v) is 5.83. The molecule has 3 rings (SSSR count). The summed E-state index contributed by atoms with van der Waals surface area (Å²) in [7, 11) is 1.65. The highest BCUT2D eigenvalue weighted by Crippen LogP contribution is 2.36. The van der Waals surface area contributed by atoms with Gasteiger partial charge in [0.25, 0.3) is 0 Å². The van der Waals surface area contributed by atoms with E-state index in [0.29, 0.717) is 6.42 Å². The average molecular weight is 300 g/mol. The third-order valence-electron chi connectivity index (χ3n) is 3.52. The van der Waals surface area contributed by atoms with Crippen molar-refractivity contribution in [3.8, 4) is 5.75 Å². The first-order valence-electron chi connectivity index (χ1n) is 6.74. The topological polar surface area (TPSA) is 41.9 Å². The Hall–Kier alpha value is -2.14. The summed E-state index contributed by atoms with van der Waals surface area (Å²) in [6.07, 6.45) is 0.709. The minimum atomic E-state index is -0.0432. The Balaban J connectivity index is 1.98. The van der Waals surface area contributed by atoms with Gasteiger partial charge >= 0.3 is 0 Å². The number of benzene rings is 1. The van der Waals surface area contributed by atoms with Gasteiger partial charge in [0.2, 0.25) is 5.91 Å². The Labute approximate surface area is 127 Å². The zero-order valence-electron chi connectivity index (χ0n) is 11.9. The molecule has 5 heteroatoms. The van der Waals surface area contributed by atoms with Crippen molar-refractivity contribution in [3.63, 3.8) is 0 Å². The predicted octanol–water partition coefficient (Wildman–Crippen LogP) is 3.45. The summed E-state index contributed by atoms with van der Waals surface area (Å²) in [5.74, 6) is 0.741. The first-order chi connectivity index (χ1) is 10.2. The molecule has 0 fully saturated rings. The number of amides is 1. The molecule has 1 aliphatic heterocycles. The van der Waals surface area contributed by atoms with Crippen LogP contribution < -0.4 is 4.74 Å². The van der Waals surface area contributed by atoms with Gasteiger partial charge in [0.05, 0.1) is 18.9 Å². The van der Waals surface area contributed by atoms with Crippen LogP contribution in [0.25, 0.3) is 0 Å². The highest BCUT2D eigenvalue weighted by Gasteiger charge is 2.32. The highest BCUT2D eigenvalue weighted by molar-refractivity contribution is 7.10. The molecule has 1 aromatic heterocycles. The van der Waals surface area contributed by atoms with Crippen LogP contribution in [-0.2, 0) is 4.79 Å². The summed E-state index contributed by atoms with van der Waals surface area (Å²) in [5, 5.41) is 8.13. The number of para-hydroxylation sites is 1. The van der Waals surface area contributed by atoms with Gasteiger partial charge in [-0.15, -0.1) is 11.3 Å². The van der Waals surface area contributed by atoms with Crippen LogP contribution in [0.2, 0.25) is 0 Å². The zero-order valence-corrected chi connectivity index (χ0v) is 12.8. The van der Waals surface area contributed by atoms with Crippen molar-refractivity contribution in [2.45, 2.75) is 19.4 Å². The van der Waals surface area contributed by atoms with Crippen LogP contribution in [0.15, 0.2) is 46.9 Å². The van der Waals surface area contributed by atoms with E-state index in [0.717, 1.165) is 21.9 Å². The number of carbonyl (C=O) groups excluding carboxylic acids is 1. The SMILES string of the molecule is COc1ccccc1C1=NN(C(C)=O)C(c2cccs2)C1. The van der Waals surface area contributed by atoms with Gasteiger partial charge < -0.3 is 4.74 Å². The van der Waals surface area contributed by atoms with Crippen molar-refractivity contribution < 1.29 is 9.53 Å². The van der Waals surface area contributed by atoms with E-state index in [-0.39, 0.29) is 11.9 Å². The van der Waals surface area contributed by atoms with E-state index in [9.17, 15) is 4.79 Å². The molecule has 2 aromatic rings. The zero-order chi connectivity index (χ0) is 14.8. The summed E-state index contributed by atoms with van der Waals surface area (Å²) in [4.78, 5) is 13.0. The molecular weight excluding hydrogens is 284 g/mol. The van der Waals surface area contributed by atoms with Crippen LogP contribution in [0.5, 0.6) is 5.75 Å². The van der Waals surface area contributed by atoms with Gasteiger partial charge in [-0.1, -0.05) is 18.2 Å². The van der Waals surface area contributed by atoms with Crippen LogP contribution in [0.4, 0.5) is 0 Å². The van der Waals surface area contributed by atoms with Crippen molar-refractivity contribution >= 4 is 23.0 Å². The van der Waals surface area contributed by atoms with Crippen molar-refractivity contribution in [1.29, 1.82) is 0 Å². The average Bonchev–Trinajstić information content (AvgIpc) is 3.16. The summed E-state index contributed by atoms with van der Waals surface area (Å²) in [6, 6.07) is 11.8. The maximum Gasteiger partial charge on any atom is 0.240 e. The lowest BCUT2D eigenvalue weighted by Crippen LogP contribution is -2.23. The molecular formula is C16H16N2O2S. The number of ether oxygens (including phenoxy) is 1. The summed E-state index contributed by atoms with van der Waals surface area (Å²) < 4.78 is 5.40. The summed E-state index contributed by atoms with van der Waals surface area (Å²) in [5.41, 5.74) is 1.84. The Morgan fingerprint density at radius 2 is 2.14 bits per heavy atom. The second-order valence-electron chi connectivity index (χ2n) is 4.85. The molecule has 0 spiro atoms. The standard InChI is InChI=1S/C16H16N2O2S/c1-11(19)18-14(16-8-5-9-21-16)10-13(17-18)12-6-3-4-7-15(12)20-2/h3-9,14H,10H2,1-2H3. The maximum atomic E-state index is 11.9. The minimum Gasteiger partial charge on any atom is -0.496 e. The van der Waals surface area contributed by atoms with E-state index in [1.54, 1.807) is 30.4 Å². The number of hydrogen-bond acceptors (Lipinski definition) is 4. The lowest BCUT2D eigenvalue weighted by molar-refractivity contribution is -0.130. The summed E-state index contributed by atoms with van der Waals surface area (Å²) >= 11 is 1.65. The number of thiophene rings is 1. The third-order valence-corrected chi connectivity index (χ3v) is 4.50. The molecule has 0 aliphatic carbocycles. The van der Waals surface area contributed by atoms with Gasteiger partial charge in [-0.2, -0.15) is 5.10 Å². The Bertz CT molecular complexity index is 679. The quantitative estimate of drug-likeness (QED) is 0.871. The number of methoxy groups -OCH3 is 1. The molecule has 0 saturated carbocycles. The molecule has 2 heterocycles. The monoisotopic (exact) mass is 300 g/mol. The number of carbonyl (C=O) groups is 1. The first-order valence-corrected chi connectivity index (χ1v) is 7.62. The molecule has 0 radical (unpaired) electrons. The summed E-state index contributed by atoms with van der Waals surface area (Å²) in [6.45, 7) is 1.55. The highest BCUT2D eigenvalue weighted by atomic mass is 32.1. The Morgan fingerprint density at radius 1 is 1.33 bits per heavy atom. The van der Waals surface area contributed by atoms with E-state index < -0.39 is 0 Å². The van der Waals surface area contributed by atoms with E-state index in [4.69, 9.17) is 4.74 Å². The van der Waals surface area contributed by atoms with Crippen LogP contribution >= 0.6 is 11.3 Å². The van der Waals surface area contributed by atoms with Gasteiger partial charge in [-0.25, -0.2) is 5.01 Å². The molecule has 0 bridgehead atoms. The fourth-order valence-corrected chi connectivity index (χ4v) is 3.36. The van der Waals surface area contributed by atoms with Crippen molar-refractivity contribution in [2.24, 2.45) is 5.10 Å². The van der Waals surface area contributed by atoms with Gasteiger partial charge in [0, 0.05) is 23.8 Å². The van der Waals surface area contributed by atoms with E-state index in [1.165, 1.54) is 0 Å². The fourth-order valence-electron chi connectivity index (χ4n) is 2.55. The number of nitrogens with zero attached hydrogens (tertiary/aromatic N) is 2. The molecule has 4 nitrogen and oxygen atoms in total. The Kier molecular flexibility index (Phi) is 3.75. The number of hydrazone groups is 1. The molecule has 0 saturated heterocycles. The van der Waals surface area contributed by atoms with Crippen LogP contribution in [0.3, 0.4) is 0 Å². The smallest absolute Gasteiger partial charge is 0.240 e. The molecule has 0 N–H and O–H groups in total. The van der Waals surface area contributed by atoms with Gasteiger partial charge in [-0.3, -0.25) is 4.79 Å². The molecule has 21 heavy (non-hydrogen) atoms. The van der Waals surface area contributed by atoms with Gasteiger partial charge in [-0.05, 0) is 23.6 Å². The lowest BCUT2D eigenvalue weighted by atomic mass is 10.0. The van der Waals surface area contributed by atoms with Crippen molar-refractivity contribution in [2.75, 3.05) is 7.11 Å². The molecule has 1 unspecified atom stereocenters. The third kappa shape index (κ3) is 2.56. The second kappa shape index (κ2) is 5.69. The normalized spacial score (nSPS) is 17.7. The van der Waals surface area contributed by atoms with Crippen LogP contribution in [0, 0.1) is 0 Å². The van der Waals surface area contributed by atoms with Gasteiger partial charge in [0.1, 0.15) is 5.75 Å².